The average molecular weight is 595 g/mol. The van der Waals surface area contributed by atoms with E-state index in [0.29, 0.717) is 0 Å². The summed E-state index contributed by atoms with van der Waals surface area (Å²) < 4.78 is 11.4. The van der Waals surface area contributed by atoms with E-state index in [1.165, 1.54) is 60.7 Å². The fraction of sp³-hybridized carbons (Fsp3) is 0.500. The van der Waals surface area contributed by atoms with Gasteiger partial charge in [-0.05, 0) is 81.7 Å². The second kappa shape index (κ2) is 12.2. The lowest BCUT2D eigenvalue weighted by Gasteiger charge is -2.34. The van der Waals surface area contributed by atoms with Crippen LogP contribution in [0, 0.1) is 13.8 Å². The van der Waals surface area contributed by atoms with Crippen LogP contribution in [0.4, 0.5) is 23.0 Å². The fourth-order valence-electron chi connectivity index (χ4n) is 7.57. The number of nitrogens with one attached hydrogen (secondary N) is 2. The van der Waals surface area contributed by atoms with E-state index in [0.717, 1.165) is 84.3 Å². The van der Waals surface area contributed by atoms with Gasteiger partial charge in [-0.2, -0.15) is 0 Å². The third-order valence-electron chi connectivity index (χ3n) is 9.93. The van der Waals surface area contributed by atoms with Crippen LogP contribution in [0.1, 0.15) is 62.5 Å². The normalized spacial score (nSPS) is 20.5. The molecule has 44 heavy (non-hydrogen) atoms. The van der Waals surface area contributed by atoms with E-state index in [1.54, 1.807) is 14.2 Å². The highest BCUT2D eigenvalue weighted by Gasteiger charge is 2.28. The second-order valence-electron chi connectivity index (χ2n) is 12.9. The summed E-state index contributed by atoms with van der Waals surface area (Å²) in [6, 6.07) is 13.7. The highest BCUT2D eigenvalue weighted by molar-refractivity contribution is 5.96. The molecule has 4 aromatic rings. The molecule has 8 heteroatoms. The topological polar surface area (TPSA) is 74.8 Å². The number of methoxy groups -OCH3 is 2. The van der Waals surface area contributed by atoms with Crippen LogP contribution < -0.4 is 29.9 Å². The zero-order valence-electron chi connectivity index (χ0n) is 26.7. The molecule has 7 rings (SSSR count). The van der Waals surface area contributed by atoms with Crippen LogP contribution in [0.15, 0.2) is 36.4 Å². The number of pyridine rings is 2. The van der Waals surface area contributed by atoms with Crippen LogP contribution in [0.3, 0.4) is 0 Å². The second-order valence-corrected chi connectivity index (χ2v) is 12.9. The van der Waals surface area contributed by atoms with Crippen LogP contribution in [-0.2, 0) is 0 Å². The maximum absolute atomic E-state index is 5.69. The summed E-state index contributed by atoms with van der Waals surface area (Å²) in [6.07, 6.45) is 9.54. The number of hydrogen-bond donors (Lipinski definition) is 2. The number of ether oxygens (including phenoxy) is 2. The van der Waals surface area contributed by atoms with Crippen molar-refractivity contribution >= 4 is 44.8 Å². The zero-order valence-corrected chi connectivity index (χ0v) is 26.7. The summed E-state index contributed by atoms with van der Waals surface area (Å²) in [5.41, 5.74) is 6.78. The molecule has 1 aliphatic carbocycles. The average Bonchev–Trinajstić information content (AvgIpc) is 3.76. The molecular formula is C36H46N6O2. The monoisotopic (exact) mass is 594 g/mol. The smallest absolute Gasteiger partial charge is 0.129 e. The number of rotatable bonds is 8. The van der Waals surface area contributed by atoms with Crippen LogP contribution in [0.2, 0.25) is 0 Å². The lowest BCUT2D eigenvalue weighted by atomic mass is 9.90. The molecule has 0 spiro atoms. The predicted octanol–water partition coefficient (Wildman–Crippen LogP) is 7.45. The van der Waals surface area contributed by atoms with Gasteiger partial charge in [0.15, 0.2) is 0 Å². The maximum atomic E-state index is 5.69. The molecule has 3 fully saturated rings. The molecule has 0 unspecified atom stereocenters. The molecule has 3 aliphatic rings. The molecule has 1 saturated carbocycles. The largest absolute Gasteiger partial charge is 0.496 e. The van der Waals surface area contributed by atoms with E-state index >= 15 is 0 Å². The number of aromatic nitrogens is 2. The highest BCUT2D eigenvalue weighted by atomic mass is 16.5. The first-order chi connectivity index (χ1) is 21.5. The van der Waals surface area contributed by atoms with E-state index in [4.69, 9.17) is 19.4 Å². The number of benzene rings is 2. The van der Waals surface area contributed by atoms with Crippen molar-refractivity contribution in [3.8, 4) is 11.5 Å². The lowest BCUT2D eigenvalue weighted by molar-refractivity contribution is 0.412. The summed E-state index contributed by atoms with van der Waals surface area (Å²) in [4.78, 5) is 15.3. The van der Waals surface area contributed by atoms with Crippen LogP contribution in [0.5, 0.6) is 11.5 Å². The molecule has 4 heterocycles. The Labute approximate surface area is 261 Å². The van der Waals surface area contributed by atoms with E-state index in [9.17, 15) is 0 Å². The van der Waals surface area contributed by atoms with Gasteiger partial charge in [-0.25, -0.2) is 9.97 Å². The van der Waals surface area contributed by atoms with Crippen molar-refractivity contribution < 1.29 is 9.47 Å². The van der Waals surface area contributed by atoms with Gasteiger partial charge in [0.2, 0.25) is 0 Å². The molecule has 2 saturated heterocycles. The third-order valence-corrected chi connectivity index (χ3v) is 9.93. The SMILES string of the molecule is COc1cc2nc(N[C@@H]3CCCC[C@H]3Nc3cc(N4CCCC4)c4cc(OC)c(C)cc4n3)cc(N3CCCC3)c2cc1C. The molecule has 0 amide bonds. The van der Waals surface area contributed by atoms with Crippen molar-refractivity contribution in [3.63, 3.8) is 0 Å². The molecular weight excluding hydrogens is 548 g/mol. The standard InChI is InChI=1S/C36H46N6O2/c1-23-17-25-30(20-34(23)44-4)40-36(21-31(25)41-13-7-8-14-41)38-28-12-6-5-11-27(28)37-35-22-32(42-15-9-10-16-42)26-19-33(43-3)24(2)18-29(26)39-35/h17-22,27-28H,5-16H2,1-4H3,(H,37,39)(H,38,40)/t27-,28-/m1/s1. The predicted molar refractivity (Wildman–Crippen MR) is 182 cm³/mol. The summed E-state index contributed by atoms with van der Waals surface area (Å²) in [6.45, 7) is 8.56. The fourth-order valence-corrected chi connectivity index (χ4v) is 7.57. The molecule has 2 atom stereocenters. The Kier molecular flexibility index (Phi) is 8.00. The number of anilines is 4. The van der Waals surface area contributed by atoms with Gasteiger partial charge in [0.05, 0.1) is 25.3 Å². The van der Waals surface area contributed by atoms with Crippen molar-refractivity contribution in [2.45, 2.75) is 77.3 Å². The van der Waals surface area contributed by atoms with Crippen LogP contribution in [-0.4, -0.2) is 62.5 Å². The van der Waals surface area contributed by atoms with Crippen molar-refractivity contribution in [3.05, 3.63) is 47.5 Å². The summed E-state index contributed by atoms with van der Waals surface area (Å²) in [5.74, 6) is 3.69. The molecule has 2 aromatic heterocycles. The molecule has 2 aromatic carbocycles. The number of aryl methyl sites for hydroxylation is 2. The van der Waals surface area contributed by atoms with Gasteiger partial charge in [-0.3, -0.25) is 0 Å². The minimum Gasteiger partial charge on any atom is -0.496 e. The Morgan fingerprint density at radius 3 is 1.57 bits per heavy atom. The van der Waals surface area contributed by atoms with Gasteiger partial charge in [0.25, 0.3) is 0 Å². The summed E-state index contributed by atoms with van der Waals surface area (Å²) in [5, 5.41) is 10.2. The number of hydrogen-bond acceptors (Lipinski definition) is 8. The lowest BCUT2D eigenvalue weighted by Crippen LogP contribution is -2.42. The quantitative estimate of drug-likeness (QED) is 0.218. The van der Waals surface area contributed by atoms with Crippen molar-refractivity contribution in [1.29, 1.82) is 0 Å². The van der Waals surface area contributed by atoms with Gasteiger partial charge in [0, 0.05) is 78.6 Å². The zero-order chi connectivity index (χ0) is 30.2. The third kappa shape index (κ3) is 5.55. The minimum atomic E-state index is 0.248. The molecule has 232 valence electrons. The first-order valence-corrected chi connectivity index (χ1v) is 16.5. The Hall–Kier alpha value is -3.94. The molecule has 2 aliphatic heterocycles. The van der Waals surface area contributed by atoms with Crippen LogP contribution >= 0.6 is 0 Å². The van der Waals surface area contributed by atoms with Crippen molar-refractivity contribution in [1.82, 2.24) is 9.97 Å². The van der Waals surface area contributed by atoms with E-state index in [-0.39, 0.29) is 12.1 Å². The molecule has 0 bridgehead atoms. The first-order valence-electron chi connectivity index (χ1n) is 16.5. The Morgan fingerprint density at radius 1 is 0.591 bits per heavy atom. The first kappa shape index (κ1) is 28.8. The van der Waals surface area contributed by atoms with Crippen LogP contribution in [0.25, 0.3) is 21.8 Å². The molecule has 0 radical (unpaired) electrons. The van der Waals surface area contributed by atoms with Crippen molar-refractivity contribution in [2.24, 2.45) is 0 Å². The minimum absolute atomic E-state index is 0.248. The van der Waals surface area contributed by atoms with Gasteiger partial charge < -0.3 is 29.9 Å². The van der Waals surface area contributed by atoms with Gasteiger partial charge in [-0.15, -0.1) is 0 Å². The van der Waals surface area contributed by atoms with E-state index in [2.05, 4.69) is 70.7 Å². The maximum Gasteiger partial charge on any atom is 0.129 e. The molecule has 2 N–H and O–H groups in total. The summed E-state index contributed by atoms with van der Waals surface area (Å²) in [7, 11) is 3.49. The van der Waals surface area contributed by atoms with Crippen molar-refractivity contribution in [2.75, 3.05) is 60.8 Å². The number of nitrogens with zero attached hydrogens (tertiary/aromatic N) is 4. The Bertz CT molecular complexity index is 1660. The van der Waals surface area contributed by atoms with E-state index < -0.39 is 0 Å². The van der Waals surface area contributed by atoms with Gasteiger partial charge in [0.1, 0.15) is 23.1 Å². The van der Waals surface area contributed by atoms with Gasteiger partial charge >= 0.3 is 0 Å². The van der Waals surface area contributed by atoms with E-state index in [1.807, 2.05) is 0 Å². The Balaban J connectivity index is 1.21. The van der Waals surface area contributed by atoms with Gasteiger partial charge in [-0.1, -0.05) is 12.8 Å². The highest BCUT2D eigenvalue weighted by Crippen LogP contribution is 2.38. The molecule has 8 nitrogen and oxygen atoms in total. The Morgan fingerprint density at radius 2 is 1.05 bits per heavy atom. The number of fused-ring (bicyclic) bond motifs is 2. The summed E-state index contributed by atoms with van der Waals surface area (Å²) >= 11 is 0.